The Morgan fingerprint density at radius 1 is 1.58 bits per heavy atom. The van der Waals surface area contributed by atoms with Gasteiger partial charge in [-0.05, 0) is 18.1 Å². The molecule has 1 heterocycles. The van der Waals surface area contributed by atoms with Crippen LogP contribution in [0.3, 0.4) is 0 Å². The lowest BCUT2D eigenvalue weighted by atomic mass is 10.0. The maximum atomic E-state index is 10.6. The maximum absolute atomic E-state index is 10.6. The van der Waals surface area contributed by atoms with E-state index in [2.05, 4.69) is 4.98 Å². The highest BCUT2D eigenvalue weighted by atomic mass is 16.4. The molecule has 0 aliphatic carbocycles. The van der Waals surface area contributed by atoms with E-state index in [1.807, 2.05) is 13.8 Å². The van der Waals surface area contributed by atoms with Crippen molar-refractivity contribution in [1.29, 1.82) is 0 Å². The molecule has 1 aromatic heterocycles. The van der Waals surface area contributed by atoms with Gasteiger partial charge in [-0.3, -0.25) is 4.98 Å². The molecule has 0 fully saturated rings. The van der Waals surface area contributed by atoms with E-state index in [1.54, 1.807) is 12.3 Å². The van der Waals surface area contributed by atoms with Crippen LogP contribution in [0.15, 0.2) is 18.3 Å². The van der Waals surface area contributed by atoms with E-state index in [1.165, 1.54) is 6.07 Å². The van der Waals surface area contributed by atoms with Gasteiger partial charge in [-0.1, -0.05) is 13.8 Å². The molecule has 0 aromatic carbocycles. The van der Waals surface area contributed by atoms with Gasteiger partial charge in [-0.2, -0.15) is 0 Å². The number of carbonyl (C=O) groups is 1. The number of carbonyl (C=O) groups excluding carboxylic acids is 1. The van der Waals surface area contributed by atoms with Gasteiger partial charge >= 0.3 is 0 Å². The Morgan fingerprint density at radius 2 is 2.25 bits per heavy atom. The number of carboxylic acid groups (broad SMARTS) is 1. The molecule has 1 aromatic rings. The molecule has 0 amide bonds. The van der Waals surface area contributed by atoms with Crippen LogP contribution in [0.2, 0.25) is 0 Å². The fraction of sp³-hybridized carbons (Fsp3) is 0.333. The number of rotatable bonds is 2. The summed E-state index contributed by atoms with van der Waals surface area (Å²) in [4.78, 5) is 14.6. The minimum Gasteiger partial charge on any atom is -0.545 e. The van der Waals surface area contributed by atoms with Crippen molar-refractivity contribution in [3.8, 4) is 0 Å². The minimum atomic E-state index is -1.16. The number of pyridine rings is 1. The largest absolute Gasteiger partial charge is 0.545 e. The zero-order chi connectivity index (χ0) is 9.14. The molecule has 0 atom stereocenters. The molecular formula is C9H10NO2-. The van der Waals surface area contributed by atoms with Gasteiger partial charge in [-0.15, -0.1) is 0 Å². The SMILES string of the molecule is CC(C)c1ncccc1C(=O)[O-]. The van der Waals surface area contributed by atoms with Crippen molar-refractivity contribution in [2.75, 3.05) is 0 Å². The Labute approximate surface area is 71.1 Å². The van der Waals surface area contributed by atoms with Crippen LogP contribution in [0.25, 0.3) is 0 Å². The quantitative estimate of drug-likeness (QED) is 0.642. The number of hydrogen-bond donors (Lipinski definition) is 0. The molecule has 0 N–H and O–H groups in total. The zero-order valence-electron chi connectivity index (χ0n) is 7.07. The van der Waals surface area contributed by atoms with Gasteiger partial charge in [-0.25, -0.2) is 0 Å². The lowest BCUT2D eigenvalue weighted by Crippen LogP contribution is -2.24. The van der Waals surface area contributed by atoms with Crippen LogP contribution in [0, 0.1) is 0 Å². The topological polar surface area (TPSA) is 53.0 Å². The van der Waals surface area contributed by atoms with Crippen molar-refractivity contribution in [3.05, 3.63) is 29.6 Å². The molecule has 0 bridgehead atoms. The number of aromatic carboxylic acids is 1. The number of nitrogens with zero attached hydrogens (tertiary/aromatic N) is 1. The standard InChI is InChI=1S/C9H11NO2/c1-6(2)8-7(9(11)12)4-3-5-10-8/h3-6H,1-2H3,(H,11,12)/p-1. The van der Waals surface area contributed by atoms with Gasteiger partial charge in [0.1, 0.15) is 0 Å². The predicted molar refractivity (Wildman–Crippen MR) is 42.7 cm³/mol. The summed E-state index contributed by atoms with van der Waals surface area (Å²) in [6.45, 7) is 3.80. The normalized spacial score (nSPS) is 10.2. The van der Waals surface area contributed by atoms with Gasteiger partial charge in [0.2, 0.25) is 0 Å². The van der Waals surface area contributed by atoms with Crippen LogP contribution >= 0.6 is 0 Å². The average Bonchev–Trinajstić information content (AvgIpc) is 2.04. The Hall–Kier alpha value is -1.38. The summed E-state index contributed by atoms with van der Waals surface area (Å²) in [5.41, 5.74) is 0.769. The molecule has 64 valence electrons. The fourth-order valence-electron chi connectivity index (χ4n) is 1.05. The van der Waals surface area contributed by atoms with Gasteiger partial charge in [0.05, 0.1) is 11.7 Å². The van der Waals surface area contributed by atoms with Crippen molar-refractivity contribution >= 4 is 5.97 Å². The predicted octanol–water partition coefficient (Wildman–Crippen LogP) is 0.569. The summed E-state index contributed by atoms with van der Waals surface area (Å²) in [7, 11) is 0. The molecule has 3 heteroatoms. The highest BCUT2D eigenvalue weighted by Gasteiger charge is 2.06. The van der Waals surface area contributed by atoms with E-state index >= 15 is 0 Å². The van der Waals surface area contributed by atoms with Crippen LogP contribution in [0.5, 0.6) is 0 Å². The van der Waals surface area contributed by atoms with Crippen LogP contribution in [0.1, 0.15) is 35.8 Å². The molecule has 1 rings (SSSR count). The molecule has 0 unspecified atom stereocenters. The highest BCUT2D eigenvalue weighted by molar-refractivity contribution is 5.87. The van der Waals surface area contributed by atoms with Crippen molar-refractivity contribution in [1.82, 2.24) is 4.98 Å². The van der Waals surface area contributed by atoms with Gasteiger partial charge in [0, 0.05) is 11.8 Å². The average molecular weight is 164 g/mol. The van der Waals surface area contributed by atoms with E-state index in [9.17, 15) is 9.90 Å². The second-order valence-corrected chi connectivity index (χ2v) is 2.88. The lowest BCUT2D eigenvalue weighted by molar-refractivity contribution is -0.255. The summed E-state index contributed by atoms with van der Waals surface area (Å²) in [5, 5.41) is 10.6. The summed E-state index contributed by atoms with van der Waals surface area (Å²) < 4.78 is 0. The first kappa shape index (κ1) is 8.71. The second kappa shape index (κ2) is 3.34. The monoisotopic (exact) mass is 164 g/mol. The van der Waals surface area contributed by atoms with E-state index in [4.69, 9.17) is 0 Å². The third kappa shape index (κ3) is 1.61. The van der Waals surface area contributed by atoms with Gasteiger partial charge in [0.15, 0.2) is 0 Å². The smallest absolute Gasteiger partial charge is 0.0733 e. The Morgan fingerprint density at radius 3 is 2.67 bits per heavy atom. The zero-order valence-corrected chi connectivity index (χ0v) is 7.07. The maximum Gasteiger partial charge on any atom is 0.0733 e. The van der Waals surface area contributed by atoms with Crippen molar-refractivity contribution < 1.29 is 9.90 Å². The Kier molecular flexibility index (Phi) is 2.43. The van der Waals surface area contributed by atoms with Crippen LogP contribution in [-0.4, -0.2) is 11.0 Å². The third-order valence-corrected chi connectivity index (χ3v) is 1.61. The van der Waals surface area contributed by atoms with Crippen molar-refractivity contribution in [3.63, 3.8) is 0 Å². The van der Waals surface area contributed by atoms with E-state index in [0.29, 0.717) is 5.69 Å². The molecule has 0 aliphatic heterocycles. The Bertz CT molecular complexity index is 294. The fourth-order valence-corrected chi connectivity index (χ4v) is 1.05. The van der Waals surface area contributed by atoms with E-state index < -0.39 is 5.97 Å². The minimum absolute atomic E-state index is 0.110. The number of hydrogen-bond acceptors (Lipinski definition) is 3. The summed E-state index contributed by atoms with van der Waals surface area (Å²) in [5.74, 6) is -1.05. The van der Waals surface area contributed by atoms with Gasteiger partial charge < -0.3 is 9.90 Å². The third-order valence-electron chi connectivity index (χ3n) is 1.61. The molecule has 0 saturated heterocycles. The molecule has 3 nitrogen and oxygen atoms in total. The molecule has 12 heavy (non-hydrogen) atoms. The van der Waals surface area contributed by atoms with Crippen LogP contribution in [-0.2, 0) is 0 Å². The molecule has 0 spiro atoms. The summed E-state index contributed by atoms with van der Waals surface area (Å²) >= 11 is 0. The lowest BCUT2D eigenvalue weighted by Gasteiger charge is -2.10. The molecule has 0 aliphatic rings. The second-order valence-electron chi connectivity index (χ2n) is 2.88. The van der Waals surface area contributed by atoms with Crippen LogP contribution in [0.4, 0.5) is 0 Å². The first-order valence-corrected chi connectivity index (χ1v) is 3.79. The molecule has 0 saturated carbocycles. The molecule has 0 radical (unpaired) electrons. The summed E-state index contributed by atoms with van der Waals surface area (Å²) in [6, 6.07) is 3.11. The summed E-state index contributed by atoms with van der Waals surface area (Å²) in [6.07, 6.45) is 1.59. The first-order valence-electron chi connectivity index (χ1n) is 3.79. The highest BCUT2D eigenvalue weighted by Crippen LogP contribution is 2.15. The van der Waals surface area contributed by atoms with E-state index in [-0.39, 0.29) is 11.5 Å². The Balaban J connectivity index is 3.17. The van der Waals surface area contributed by atoms with E-state index in [0.717, 1.165) is 0 Å². The van der Waals surface area contributed by atoms with Crippen molar-refractivity contribution in [2.24, 2.45) is 0 Å². The van der Waals surface area contributed by atoms with Crippen molar-refractivity contribution in [2.45, 2.75) is 19.8 Å². The van der Waals surface area contributed by atoms with Crippen LogP contribution < -0.4 is 5.11 Å². The number of aromatic nitrogens is 1. The molecular weight excluding hydrogens is 154 g/mol. The number of carboxylic acids is 1. The first-order chi connectivity index (χ1) is 5.63. The van der Waals surface area contributed by atoms with Gasteiger partial charge in [0.25, 0.3) is 0 Å².